The van der Waals surface area contributed by atoms with Gasteiger partial charge in [-0.2, -0.15) is 0 Å². The van der Waals surface area contributed by atoms with Crippen LogP contribution in [0.4, 0.5) is 13.2 Å². The third-order valence-electron chi connectivity index (χ3n) is 1.87. The van der Waals surface area contributed by atoms with Crippen molar-refractivity contribution in [3.8, 4) is 5.75 Å². The first-order chi connectivity index (χ1) is 6.92. The Kier molecular flexibility index (Phi) is 3.57. The number of ether oxygens (including phenoxy) is 1. The summed E-state index contributed by atoms with van der Waals surface area (Å²) in [5, 5.41) is 8.66. The Morgan fingerprint density at radius 2 is 2.00 bits per heavy atom. The van der Waals surface area contributed by atoms with Crippen molar-refractivity contribution in [2.45, 2.75) is 19.7 Å². The minimum absolute atomic E-state index is 0.0289. The lowest BCUT2D eigenvalue weighted by atomic mass is 10.1. The van der Waals surface area contributed by atoms with E-state index in [1.165, 1.54) is 19.1 Å². The fourth-order valence-electron chi connectivity index (χ4n) is 1.24. The summed E-state index contributed by atoms with van der Waals surface area (Å²) < 4.78 is 39.5. The van der Waals surface area contributed by atoms with Gasteiger partial charge in [0.1, 0.15) is 5.75 Å². The predicted molar refractivity (Wildman–Crippen MR) is 48.7 cm³/mol. The molecule has 0 aliphatic carbocycles. The van der Waals surface area contributed by atoms with Gasteiger partial charge in [-0.15, -0.1) is 13.2 Å². The number of aliphatic hydroxyl groups is 1. The summed E-state index contributed by atoms with van der Waals surface area (Å²) in [6, 6.07) is 4.33. The molecule has 0 spiro atoms. The monoisotopic (exact) mass is 220 g/mol. The SMILES string of the molecule is Cc1cc(CCO)ccc1OC(F)(F)F. The maximum absolute atomic E-state index is 11.9. The highest BCUT2D eigenvalue weighted by Crippen LogP contribution is 2.26. The van der Waals surface area contributed by atoms with E-state index in [0.29, 0.717) is 12.0 Å². The molecular formula is C10H11F3O2. The number of aryl methyl sites for hydroxylation is 1. The molecule has 0 bridgehead atoms. The van der Waals surface area contributed by atoms with Gasteiger partial charge in [0, 0.05) is 6.61 Å². The quantitative estimate of drug-likeness (QED) is 0.847. The Bertz CT molecular complexity index is 334. The molecule has 0 saturated heterocycles. The van der Waals surface area contributed by atoms with E-state index in [1.54, 1.807) is 6.07 Å². The van der Waals surface area contributed by atoms with Crippen LogP contribution < -0.4 is 4.74 Å². The van der Waals surface area contributed by atoms with Crippen LogP contribution in [0.25, 0.3) is 0 Å². The van der Waals surface area contributed by atoms with E-state index in [1.807, 2.05) is 0 Å². The summed E-state index contributed by atoms with van der Waals surface area (Å²) in [6.07, 6.45) is -4.24. The molecule has 1 N–H and O–H groups in total. The first-order valence-electron chi connectivity index (χ1n) is 4.38. The molecule has 1 aromatic rings. The summed E-state index contributed by atoms with van der Waals surface area (Å²) in [5.41, 5.74) is 1.18. The summed E-state index contributed by atoms with van der Waals surface area (Å²) in [5.74, 6) is -0.204. The van der Waals surface area contributed by atoms with Crippen molar-refractivity contribution in [3.05, 3.63) is 29.3 Å². The highest BCUT2D eigenvalue weighted by Gasteiger charge is 2.31. The number of alkyl halides is 3. The molecule has 15 heavy (non-hydrogen) atoms. The fraction of sp³-hybridized carbons (Fsp3) is 0.400. The van der Waals surface area contributed by atoms with Crippen molar-refractivity contribution >= 4 is 0 Å². The van der Waals surface area contributed by atoms with Crippen LogP contribution in [-0.4, -0.2) is 18.1 Å². The van der Waals surface area contributed by atoms with E-state index in [2.05, 4.69) is 4.74 Å². The van der Waals surface area contributed by atoms with Gasteiger partial charge in [-0.25, -0.2) is 0 Å². The Balaban J connectivity index is 2.84. The Morgan fingerprint density at radius 1 is 1.33 bits per heavy atom. The zero-order chi connectivity index (χ0) is 11.5. The number of halogens is 3. The average Bonchev–Trinajstić information content (AvgIpc) is 2.08. The van der Waals surface area contributed by atoms with Gasteiger partial charge in [0.25, 0.3) is 0 Å². The molecule has 1 rings (SSSR count). The third-order valence-corrected chi connectivity index (χ3v) is 1.87. The zero-order valence-corrected chi connectivity index (χ0v) is 8.14. The lowest BCUT2D eigenvalue weighted by Crippen LogP contribution is -2.17. The lowest BCUT2D eigenvalue weighted by molar-refractivity contribution is -0.274. The largest absolute Gasteiger partial charge is 0.573 e. The van der Waals surface area contributed by atoms with Crippen LogP contribution in [0.1, 0.15) is 11.1 Å². The molecule has 0 radical (unpaired) electrons. The highest BCUT2D eigenvalue weighted by atomic mass is 19.4. The smallest absolute Gasteiger partial charge is 0.406 e. The van der Waals surface area contributed by atoms with Gasteiger partial charge >= 0.3 is 6.36 Å². The second-order valence-corrected chi connectivity index (χ2v) is 3.12. The normalized spacial score (nSPS) is 11.5. The van der Waals surface area contributed by atoms with Gasteiger partial charge < -0.3 is 9.84 Å². The van der Waals surface area contributed by atoms with Gasteiger partial charge in [0.05, 0.1) is 0 Å². The van der Waals surface area contributed by atoms with E-state index >= 15 is 0 Å². The van der Waals surface area contributed by atoms with Crippen molar-refractivity contribution in [1.82, 2.24) is 0 Å². The Hall–Kier alpha value is -1.23. The van der Waals surface area contributed by atoms with E-state index in [4.69, 9.17) is 5.11 Å². The molecule has 0 amide bonds. The average molecular weight is 220 g/mol. The lowest BCUT2D eigenvalue weighted by Gasteiger charge is -2.12. The van der Waals surface area contributed by atoms with Crippen molar-refractivity contribution < 1.29 is 23.0 Å². The van der Waals surface area contributed by atoms with Gasteiger partial charge in [0.2, 0.25) is 0 Å². The highest BCUT2D eigenvalue weighted by molar-refractivity contribution is 5.36. The van der Waals surface area contributed by atoms with Crippen molar-refractivity contribution in [1.29, 1.82) is 0 Å². The fourth-order valence-corrected chi connectivity index (χ4v) is 1.24. The maximum Gasteiger partial charge on any atom is 0.573 e. The maximum atomic E-state index is 11.9. The Morgan fingerprint density at radius 3 is 2.47 bits per heavy atom. The molecule has 0 atom stereocenters. The molecule has 0 aromatic heterocycles. The number of aliphatic hydroxyl groups excluding tert-OH is 1. The molecule has 0 fully saturated rings. The van der Waals surface area contributed by atoms with Crippen LogP contribution in [0.3, 0.4) is 0 Å². The first kappa shape index (κ1) is 11.8. The minimum Gasteiger partial charge on any atom is -0.406 e. The van der Waals surface area contributed by atoms with E-state index in [9.17, 15) is 13.2 Å². The van der Waals surface area contributed by atoms with Gasteiger partial charge in [-0.1, -0.05) is 12.1 Å². The third kappa shape index (κ3) is 3.79. The minimum atomic E-state index is -4.66. The van der Waals surface area contributed by atoms with Crippen LogP contribution in [0.2, 0.25) is 0 Å². The van der Waals surface area contributed by atoms with Crippen LogP contribution >= 0.6 is 0 Å². The predicted octanol–water partition coefficient (Wildman–Crippen LogP) is 2.43. The molecule has 5 heteroatoms. The van der Waals surface area contributed by atoms with E-state index in [-0.39, 0.29) is 12.4 Å². The van der Waals surface area contributed by atoms with Crippen LogP contribution in [-0.2, 0) is 6.42 Å². The second-order valence-electron chi connectivity index (χ2n) is 3.12. The molecule has 1 aromatic carbocycles. The van der Waals surface area contributed by atoms with Gasteiger partial charge in [-0.3, -0.25) is 0 Å². The zero-order valence-electron chi connectivity index (χ0n) is 8.14. The summed E-state index contributed by atoms with van der Waals surface area (Å²) >= 11 is 0. The number of rotatable bonds is 3. The van der Waals surface area contributed by atoms with Crippen LogP contribution in [0.15, 0.2) is 18.2 Å². The van der Waals surface area contributed by atoms with Gasteiger partial charge in [-0.05, 0) is 30.5 Å². The summed E-state index contributed by atoms with van der Waals surface area (Å²) in [4.78, 5) is 0. The van der Waals surface area contributed by atoms with Crippen LogP contribution in [0, 0.1) is 6.92 Å². The molecule has 0 aliphatic rings. The molecule has 0 heterocycles. The summed E-state index contributed by atoms with van der Waals surface area (Å²) in [7, 11) is 0. The standard InChI is InChI=1S/C10H11F3O2/c1-7-6-8(4-5-14)2-3-9(7)15-10(11,12)13/h2-3,6,14H,4-5H2,1H3. The Labute approximate surface area is 85.3 Å². The molecule has 84 valence electrons. The number of benzene rings is 1. The number of hydrogen-bond acceptors (Lipinski definition) is 2. The van der Waals surface area contributed by atoms with Gasteiger partial charge in [0.15, 0.2) is 0 Å². The van der Waals surface area contributed by atoms with Crippen molar-refractivity contribution in [2.24, 2.45) is 0 Å². The molecular weight excluding hydrogens is 209 g/mol. The van der Waals surface area contributed by atoms with Crippen molar-refractivity contribution in [2.75, 3.05) is 6.61 Å². The first-order valence-corrected chi connectivity index (χ1v) is 4.38. The summed E-state index contributed by atoms with van der Waals surface area (Å²) in [6.45, 7) is 1.50. The molecule has 0 saturated carbocycles. The second kappa shape index (κ2) is 4.53. The number of hydrogen-bond donors (Lipinski definition) is 1. The van der Waals surface area contributed by atoms with Crippen molar-refractivity contribution in [3.63, 3.8) is 0 Å². The van der Waals surface area contributed by atoms with Crippen LogP contribution in [0.5, 0.6) is 5.75 Å². The van der Waals surface area contributed by atoms with E-state index < -0.39 is 6.36 Å². The molecule has 0 unspecified atom stereocenters. The molecule has 0 aliphatic heterocycles. The topological polar surface area (TPSA) is 29.5 Å². The molecule has 2 nitrogen and oxygen atoms in total. The van der Waals surface area contributed by atoms with E-state index in [0.717, 1.165) is 5.56 Å².